The van der Waals surface area contributed by atoms with E-state index in [1.165, 1.54) is 19.3 Å². The summed E-state index contributed by atoms with van der Waals surface area (Å²) in [5.41, 5.74) is 0. The van der Waals surface area contributed by atoms with Gasteiger partial charge in [0.05, 0.1) is 13.2 Å². The minimum absolute atomic E-state index is 0.333. The highest BCUT2D eigenvalue weighted by Crippen LogP contribution is 2.32. The summed E-state index contributed by atoms with van der Waals surface area (Å²) in [6.07, 6.45) is 6.02. The Balaban J connectivity index is 1.81. The first-order chi connectivity index (χ1) is 9.31. The van der Waals surface area contributed by atoms with Crippen molar-refractivity contribution < 1.29 is 9.47 Å². The average Bonchev–Trinajstić information content (AvgIpc) is 2.43. The molecule has 0 aliphatic heterocycles. The lowest BCUT2D eigenvalue weighted by atomic mass is 9.87. The van der Waals surface area contributed by atoms with Crippen LogP contribution in [0.4, 0.5) is 0 Å². The van der Waals surface area contributed by atoms with E-state index in [-0.39, 0.29) is 0 Å². The summed E-state index contributed by atoms with van der Waals surface area (Å²) in [5.74, 6) is 2.28. The van der Waals surface area contributed by atoms with Gasteiger partial charge in [0.2, 0.25) is 0 Å². The monoisotopic (exact) mass is 282 g/mol. The second-order valence-electron chi connectivity index (χ2n) is 5.08. The van der Waals surface area contributed by atoms with E-state index in [1.807, 2.05) is 31.2 Å². The van der Waals surface area contributed by atoms with Crippen molar-refractivity contribution in [2.24, 2.45) is 5.92 Å². The van der Waals surface area contributed by atoms with E-state index in [1.54, 1.807) is 0 Å². The van der Waals surface area contributed by atoms with Gasteiger partial charge in [-0.05, 0) is 44.2 Å². The lowest BCUT2D eigenvalue weighted by molar-refractivity contribution is 0.235. The number of rotatable bonds is 6. The molecule has 1 aromatic carbocycles. The van der Waals surface area contributed by atoms with Crippen molar-refractivity contribution in [3.8, 4) is 11.5 Å². The highest BCUT2D eigenvalue weighted by Gasteiger charge is 2.22. The van der Waals surface area contributed by atoms with Crippen LogP contribution >= 0.6 is 11.6 Å². The molecule has 0 amide bonds. The first kappa shape index (κ1) is 14.5. The molecule has 0 radical (unpaired) electrons. The van der Waals surface area contributed by atoms with Gasteiger partial charge in [0, 0.05) is 5.38 Å². The van der Waals surface area contributed by atoms with Gasteiger partial charge in [0.1, 0.15) is 0 Å². The minimum atomic E-state index is 0.333. The van der Waals surface area contributed by atoms with Gasteiger partial charge in [-0.3, -0.25) is 0 Å². The molecular weight excluding hydrogens is 260 g/mol. The topological polar surface area (TPSA) is 18.5 Å². The maximum atomic E-state index is 6.37. The zero-order valence-electron chi connectivity index (χ0n) is 11.6. The van der Waals surface area contributed by atoms with Gasteiger partial charge in [-0.15, -0.1) is 11.6 Å². The predicted molar refractivity (Wildman–Crippen MR) is 79.3 cm³/mol. The standard InChI is InChI=1S/C16H23ClO2/c1-2-18-15-9-5-6-10-16(15)19-12-11-13-7-3-4-8-14(13)17/h5-6,9-10,13-14H,2-4,7-8,11-12H2,1H3. The van der Waals surface area contributed by atoms with Gasteiger partial charge in [0.25, 0.3) is 0 Å². The minimum Gasteiger partial charge on any atom is -0.490 e. The summed E-state index contributed by atoms with van der Waals surface area (Å²) in [5, 5.41) is 0.333. The van der Waals surface area contributed by atoms with Crippen LogP contribution in [0.3, 0.4) is 0 Å². The second kappa shape index (κ2) is 7.64. The van der Waals surface area contributed by atoms with E-state index in [9.17, 15) is 0 Å². The molecule has 106 valence electrons. The first-order valence-electron chi connectivity index (χ1n) is 7.30. The van der Waals surface area contributed by atoms with Crippen molar-refractivity contribution >= 4 is 11.6 Å². The van der Waals surface area contributed by atoms with Crippen molar-refractivity contribution in [1.29, 1.82) is 0 Å². The van der Waals surface area contributed by atoms with Crippen LogP contribution in [0.15, 0.2) is 24.3 Å². The lowest BCUT2D eigenvalue weighted by Gasteiger charge is -2.26. The molecule has 0 spiro atoms. The van der Waals surface area contributed by atoms with Gasteiger partial charge in [-0.2, -0.15) is 0 Å². The van der Waals surface area contributed by atoms with Crippen molar-refractivity contribution in [2.45, 2.75) is 44.4 Å². The Morgan fingerprint density at radius 2 is 1.79 bits per heavy atom. The molecule has 1 aliphatic rings. The van der Waals surface area contributed by atoms with Crippen LogP contribution in [-0.2, 0) is 0 Å². The Bertz CT molecular complexity index is 381. The molecule has 0 N–H and O–H groups in total. The lowest BCUT2D eigenvalue weighted by Crippen LogP contribution is -2.21. The van der Waals surface area contributed by atoms with E-state index < -0.39 is 0 Å². The number of halogens is 1. The molecule has 1 aromatic rings. The predicted octanol–water partition coefficient (Wildman–Crippen LogP) is 4.65. The van der Waals surface area contributed by atoms with Gasteiger partial charge in [-0.1, -0.05) is 25.0 Å². The highest BCUT2D eigenvalue weighted by atomic mass is 35.5. The molecule has 19 heavy (non-hydrogen) atoms. The molecule has 2 unspecified atom stereocenters. The Kier molecular flexibility index (Phi) is 5.84. The fourth-order valence-electron chi connectivity index (χ4n) is 2.65. The molecule has 1 aliphatic carbocycles. The molecule has 1 saturated carbocycles. The number of hydrogen-bond donors (Lipinski definition) is 0. The maximum Gasteiger partial charge on any atom is 0.161 e. The molecule has 3 heteroatoms. The maximum absolute atomic E-state index is 6.37. The summed E-state index contributed by atoms with van der Waals surface area (Å²) in [4.78, 5) is 0. The van der Waals surface area contributed by atoms with Crippen molar-refractivity contribution in [3.05, 3.63) is 24.3 Å². The van der Waals surface area contributed by atoms with Gasteiger partial charge < -0.3 is 9.47 Å². The Morgan fingerprint density at radius 1 is 1.11 bits per heavy atom. The van der Waals surface area contributed by atoms with Crippen LogP contribution in [0.5, 0.6) is 11.5 Å². The SMILES string of the molecule is CCOc1ccccc1OCCC1CCCCC1Cl. The van der Waals surface area contributed by atoms with Crippen molar-refractivity contribution in [1.82, 2.24) is 0 Å². The summed E-state index contributed by atoms with van der Waals surface area (Å²) in [7, 11) is 0. The normalized spacial score (nSPS) is 23.1. The smallest absolute Gasteiger partial charge is 0.161 e. The number of alkyl halides is 1. The van der Waals surface area contributed by atoms with E-state index in [0.717, 1.165) is 30.9 Å². The molecule has 0 saturated heterocycles. The van der Waals surface area contributed by atoms with Gasteiger partial charge in [-0.25, -0.2) is 0 Å². The number of hydrogen-bond acceptors (Lipinski definition) is 2. The number of benzene rings is 1. The fraction of sp³-hybridized carbons (Fsp3) is 0.625. The average molecular weight is 283 g/mol. The molecule has 1 fully saturated rings. The Labute approximate surface area is 121 Å². The van der Waals surface area contributed by atoms with Crippen LogP contribution in [0, 0.1) is 5.92 Å². The van der Waals surface area contributed by atoms with Crippen molar-refractivity contribution in [3.63, 3.8) is 0 Å². The Morgan fingerprint density at radius 3 is 2.47 bits per heavy atom. The third-order valence-electron chi connectivity index (χ3n) is 3.71. The Hall–Kier alpha value is -0.890. The number of para-hydroxylation sites is 2. The van der Waals surface area contributed by atoms with E-state index in [0.29, 0.717) is 17.9 Å². The summed E-state index contributed by atoms with van der Waals surface area (Å²) in [6.45, 7) is 3.36. The van der Waals surface area contributed by atoms with E-state index in [4.69, 9.17) is 21.1 Å². The summed E-state index contributed by atoms with van der Waals surface area (Å²) >= 11 is 6.37. The van der Waals surface area contributed by atoms with Crippen molar-refractivity contribution in [2.75, 3.05) is 13.2 Å². The van der Waals surface area contributed by atoms with Crippen LogP contribution in [0.2, 0.25) is 0 Å². The largest absolute Gasteiger partial charge is 0.490 e. The third kappa shape index (κ3) is 4.31. The summed E-state index contributed by atoms with van der Waals surface area (Å²) < 4.78 is 11.4. The first-order valence-corrected chi connectivity index (χ1v) is 7.73. The molecule has 0 bridgehead atoms. The van der Waals surface area contributed by atoms with E-state index >= 15 is 0 Å². The highest BCUT2D eigenvalue weighted by molar-refractivity contribution is 6.20. The van der Waals surface area contributed by atoms with Crippen LogP contribution < -0.4 is 9.47 Å². The van der Waals surface area contributed by atoms with Crippen LogP contribution in [0.1, 0.15) is 39.0 Å². The zero-order chi connectivity index (χ0) is 13.5. The quantitative estimate of drug-likeness (QED) is 0.707. The number of ether oxygens (including phenoxy) is 2. The van der Waals surface area contributed by atoms with Crippen LogP contribution in [-0.4, -0.2) is 18.6 Å². The molecule has 0 heterocycles. The van der Waals surface area contributed by atoms with Crippen LogP contribution in [0.25, 0.3) is 0 Å². The second-order valence-corrected chi connectivity index (χ2v) is 5.64. The van der Waals surface area contributed by atoms with E-state index in [2.05, 4.69) is 0 Å². The molecule has 2 atom stereocenters. The fourth-order valence-corrected chi connectivity index (χ4v) is 3.06. The zero-order valence-corrected chi connectivity index (χ0v) is 12.4. The molecule has 0 aromatic heterocycles. The van der Waals surface area contributed by atoms with Gasteiger partial charge in [0.15, 0.2) is 11.5 Å². The molecule has 2 rings (SSSR count). The summed E-state index contributed by atoms with van der Waals surface area (Å²) in [6, 6.07) is 7.85. The molecule has 2 nitrogen and oxygen atoms in total. The third-order valence-corrected chi connectivity index (χ3v) is 4.29. The van der Waals surface area contributed by atoms with Gasteiger partial charge >= 0.3 is 0 Å². The molecular formula is C16H23ClO2.